The molecule has 0 N–H and O–H groups in total. The number of likely N-dealkylation sites (tertiary alicyclic amines) is 1. The summed E-state index contributed by atoms with van der Waals surface area (Å²) >= 11 is 5.87. The fourth-order valence-electron chi connectivity index (χ4n) is 5.37. The van der Waals surface area contributed by atoms with Crippen LogP contribution in [0.5, 0.6) is 0 Å². The number of alkyl halides is 3. The zero-order valence-electron chi connectivity index (χ0n) is 22.0. The van der Waals surface area contributed by atoms with Crippen LogP contribution in [0.15, 0.2) is 36.4 Å². The van der Waals surface area contributed by atoms with Gasteiger partial charge in [-0.25, -0.2) is 26.3 Å². The summed E-state index contributed by atoms with van der Waals surface area (Å²) in [6.45, 7) is 1.60. The molecule has 2 amide bonds. The highest BCUT2D eigenvalue weighted by Crippen LogP contribution is 2.35. The second kappa shape index (κ2) is 11.8. The van der Waals surface area contributed by atoms with Gasteiger partial charge in [-0.3, -0.25) is 4.90 Å². The van der Waals surface area contributed by atoms with Gasteiger partial charge in [0.25, 0.3) is 0 Å². The van der Waals surface area contributed by atoms with Gasteiger partial charge in [0.05, 0.1) is 16.8 Å². The third-order valence-corrected chi connectivity index (χ3v) is 9.07. The Morgan fingerprint density at radius 2 is 1.73 bits per heavy atom. The Labute approximate surface area is 235 Å². The predicted octanol–water partition coefficient (Wildman–Crippen LogP) is 4.62. The van der Waals surface area contributed by atoms with E-state index in [9.17, 15) is 35.2 Å². The fourth-order valence-corrected chi connectivity index (χ4v) is 6.36. The Balaban J connectivity index is 1.55. The summed E-state index contributed by atoms with van der Waals surface area (Å²) in [6, 6.07) is 6.48. The summed E-state index contributed by atoms with van der Waals surface area (Å²) in [7, 11) is -1.68. The van der Waals surface area contributed by atoms with Crippen molar-refractivity contribution in [2.75, 3.05) is 52.6 Å². The van der Waals surface area contributed by atoms with Gasteiger partial charge < -0.3 is 9.80 Å². The molecule has 2 aliphatic heterocycles. The lowest BCUT2D eigenvalue weighted by Gasteiger charge is -2.30. The van der Waals surface area contributed by atoms with Gasteiger partial charge in [0, 0.05) is 57.8 Å². The Kier molecular flexibility index (Phi) is 8.98. The van der Waals surface area contributed by atoms with E-state index in [1.54, 1.807) is 27.8 Å². The SMILES string of the molecule is CN(Cc1ccc(C(F)(F)F)c(F)c1)C1CN(C(=O)N2CCCN(S(C)(=O)=O)CC2)C[C@@H]1c1ccc(Cl)c(F)c1. The van der Waals surface area contributed by atoms with Gasteiger partial charge in [-0.05, 0) is 48.9 Å². The zero-order valence-corrected chi connectivity index (χ0v) is 23.5. The molecule has 40 heavy (non-hydrogen) atoms. The number of likely N-dealkylation sites (N-methyl/N-ethyl adjacent to an activating group) is 1. The molecule has 0 bridgehead atoms. The molecule has 14 heteroatoms. The highest BCUT2D eigenvalue weighted by molar-refractivity contribution is 7.88. The second-order valence-electron chi connectivity index (χ2n) is 10.3. The Bertz CT molecular complexity index is 1360. The quantitative estimate of drug-likeness (QED) is 0.465. The van der Waals surface area contributed by atoms with Crippen molar-refractivity contribution in [2.24, 2.45) is 0 Å². The van der Waals surface area contributed by atoms with E-state index in [1.807, 2.05) is 0 Å². The van der Waals surface area contributed by atoms with Gasteiger partial charge >= 0.3 is 12.2 Å². The maximum Gasteiger partial charge on any atom is 0.419 e. The van der Waals surface area contributed by atoms with Crippen LogP contribution in [-0.2, 0) is 22.7 Å². The summed E-state index contributed by atoms with van der Waals surface area (Å²) in [4.78, 5) is 18.5. The van der Waals surface area contributed by atoms with E-state index in [0.717, 1.165) is 12.3 Å². The number of amides is 2. The van der Waals surface area contributed by atoms with Crippen molar-refractivity contribution < 1.29 is 35.2 Å². The number of hydrogen-bond donors (Lipinski definition) is 0. The number of carbonyl (C=O) groups excluding carboxylic acids is 1. The average molecular weight is 609 g/mol. The number of rotatable bonds is 5. The molecule has 2 fully saturated rings. The van der Waals surface area contributed by atoms with Gasteiger partial charge in [-0.15, -0.1) is 0 Å². The lowest BCUT2D eigenvalue weighted by atomic mass is 9.93. The summed E-state index contributed by atoms with van der Waals surface area (Å²) in [5.74, 6) is -2.37. The van der Waals surface area contributed by atoms with E-state index in [-0.39, 0.29) is 55.7 Å². The largest absolute Gasteiger partial charge is 0.419 e. The van der Waals surface area contributed by atoms with E-state index < -0.39 is 33.4 Å². The average Bonchev–Trinajstić information content (AvgIpc) is 3.14. The predicted molar refractivity (Wildman–Crippen MR) is 140 cm³/mol. The van der Waals surface area contributed by atoms with E-state index in [0.29, 0.717) is 36.7 Å². The first kappa shape index (κ1) is 30.5. The summed E-state index contributed by atoms with van der Waals surface area (Å²) in [5.41, 5.74) is -0.447. The molecule has 1 unspecified atom stereocenters. The third-order valence-electron chi connectivity index (χ3n) is 7.46. The molecular weight excluding hydrogens is 579 g/mol. The lowest BCUT2D eigenvalue weighted by Crippen LogP contribution is -2.45. The maximum atomic E-state index is 14.4. The van der Waals surface area contributed by atoms with Crippen LogP contribution < -0.4 is 0 Å². The Morgan fingerprint density at radius 3 is 2.35 bits per heavy atom. The Hall–Kier alpha value is -2.48. The normalized spacial score (nSPS) is 21.2. The van der Waals surface area contributed by atoms with Crippen LogP contribution in [0.25, 0.3) is 0 Å². The summed E-state index contributed by atoms with van der Waals surface area (Å²) < 4.78 is 92.9. The van der Waals surface area contributed by atoms with E-state index in [1.165, 1.54) is 22.5 Å². The summed E-state index contributed by atoms with van der Waals surface area (Å²) in [5, 5.41) is -0.0557. The van der Waals surface area contributed by atoms with Crippen molar-refractivity contribution in [3.8, 4) is 0 Å². The molecule has 7 nitrogen and oxygen atoms in total. The number of benzene rings is 2. The minimum Gasteiger partial charge on any atom is -0.323 e. The first-order chi connectivity index (χ1) is 18.6. The Morgan fingerprint density at radius 1 is 1.00 bits per heavy atom. The van der Waals surface area contributed by atoms with Crippen LogP contribution in [0.2, 0.25) is 5.02 Å². The zero-order chi connectivity index (χ0) is 29.4. The summed E-state index contributed by atoms with van der Waals surface area (Å²) in [6.07, 6.45) is -3.21. The first-order valence-electron chi connectivity index (χ1n) is 12.6. The number of sulfonamides is 1. The number of urea groups is 1. The van der Waals surface area contributed by atoms with Crippen LogP contribution in [0.3, 0.4) is 0 Å². The van der Waals surface area contributed by atoms with Gasteiger partial charge in [-0.2, -0.15) is 13.2 Å². The molecule has 4 rings (SSSR count). The molecule has 2 saturated heterocycles. The van der Waals surface area contributed by atoms with Crippen LogP contribution in [0.4, 0.5) is 26.7 Å². The van der Waals surface area contributed by atoms with Crippen molar-refractivity contribution in [1.29, 1.82) is 0 Å². The van der Waals surface area contributed by atoms with Crippen molar-refractivity contribution in [3.63, 3.8) is 0 Å². The van der Waals surface area contributed by atoms with Crippen LogP contribution in [0, 0.1) is 11.6 Å². The van der Waals surface area contributed by atoms with Crippen molar-refractivity contribution in [1.82, 2.24) is 19.0 Å². The van der Waals surface area contributed by atoms with Gasteiger partial charge in [0.1, 0.15) is 11.6 Å². The molecule has 0 aromatic heterocycles. The molecule has 2 atom stereocenters. The molecule has 0 saturated carbocycles. The molecule has 0 aliphatic carbocycles. The molecule has 220 valence electrons. The van der Waals surface area contributed by atoms with Crippen LogP contribution in [0.1, 0.15) is 29.0 Å². The molecule has 0 spiro atoms. The molecule has 2 heterocycles. The minimum atomic E-state index is -4.81. The van der Waals surface area contributed by atoms with E-state index in [2.05, 4.69) is 0 Å². The van der Waals surface area contributed by atoms with Gasteiger partial charge in [-0.1, -0.05) is 23.7 Å². The van der Waals surface area contributed by atoms with Crippen molar-refractivity contribution >= 4 is 27.7 Å². The smallest absolute Gasteiger partial charge is 0.323 e. The van der Waals surface area contributed by atoms with E-state index in [4.69, 9.17) is 11.6 Å². The second-order valence-corrected chi connectivity index (χ2v) is 12.7. The fraction of sp³-hybridized carbons (Fsp3) is 0.500. The van der Waals surface area contributed by atoms with Crippen LogP contribution in [-0.4, -0.2) is 92.1 Å². The van der Waals surface area contributed by atoms with Crippen LogP contribution >= 0.6 is 11.6 Å². The van der Waals surface area contributed by atoms with Gasteiger partial charge in [0.15, 0.2) is 0 Å². The van der Waals surface area contributed by atoms with E-state index >= 15 is 0 Å². The first-order valence-corrected chi connectivity index (χ1v) is 14.9. The molecule has 2 aromatic carbocycles. The third kappa shape index (κ3) is 6.87. The molecule has 2 aromatic rings. The monoisotopic (exact) mass is 608 g/mol. The maximum absolute atomic E-state index is 14.4. The topological polar surface area (TPSA) is 64.2 Å². The minimum absolute atomic E-state index is 0.0557. The van der Waals surface area contributed by atoms with Gasteiger partial charge in [0.2, 0.25) is 10.0 Å². The highest BCUT2D eigenvalue weighted by atomic mass is 35.5. The number of nitrogens with zero attached hydrogens (tertiary/aromatic N) is 4. The number of halogens is 6. The van der Waals surface area contributed by atoms with Crippen molar-refractivity contribution in [3.05, 3.63) is 69.7 Å². The lowest BCUT2D eigenvalue weighted by molar-refractivity contribution is -0.140. The number of carbonyl (C=O) groups is 1. The number of hydrogen-bond acceptors (Lipinski definition) is 4. The van der Waals surface area contributed by atoms with Crippen molar-refractivity contribution in [2.45, 2.75) is 31.1 Å². The molecule has 2 aliphatic rings. The standard InChI is InChI=1S/C26H30ClF5N4O3S/c1-33(14-17-4-6-20(22(28)12-17)26(30,31)32)24-16-35(15-19(24)18-5-7-21(27)23(29)13-18)25(37)34-8-3-9-36(11-10-34)40(2,38)39/h4-7,12-13,19,24H,3,8-11,14-16H2,1-2H3/t19-,24?/m1/s1. The molecule has 0 radical (unpaired) electrons. The highest BCUT2D eigenvalue weighted by Gasteiger charge is 2.41. The molecular formula is C26H30ClF5N4O3S.